The standard InChI is InChI=1S/C17H25FN2/c18-14-9-7-13(8-10-14)12-20-17-6-3-4-15(17)16-5-1-2-11-19-16/h7-10,15-17,19-20H,1-6,11-12H2. The van der Waals surface area contributed by atoms with Crippen molar-refractivity contribution < 1.29 is 4.39 Å². The highest BCUT2D eigenvalue weighted by molar-refractivity contribution is 5.16. The van der Waals surface area contributed by atoms with Crippen molar-refractivity contribution in [3.8, 4) is 0 Å². The predicted molar refractivity (Wildman–Crippen MR) is 80.0 cm³/mol. The molecule has 2 nitrogen and oxygen atoms in total. The van der Waals surface area contributed by atoms with E-state index < -0.39 is 0 Å². The number of rotatable bonds is 4. The van der Waals surface area contributed by atoms with Gasteiger partial charge >= 0.3 is 0 Å². The molecule has 20 heavy (non-hydrogen) atoms. The van der Waals surface area contributed by atoms with Gasteiger partial charge in [0.2, 0.25) is 0 Å². The second kappa shape index (κ2) is 6.68. The van der Waals surface area contributed by atoms with E-state index in [0.29, 0.717) is 12.1 Å². The normalized spacial score (nSPS) is 30.6. The molecule has 1 heterocycles. The summed E-state index contributed by atoms with van der Waals surface area (Å²) in [5.41, 5.74) is 1.17. The summed E-state index contributed by atoms with van der Waals surface area (Å²) >= 11 is 0. The minimum atomic E-state index is -0.154. The van der Waals surface area contributed by atoms with Crippen LogP contribution in [0, 0.1) is 11.7 Å². The molecule has 1 aliphatic heterocycles. The monoisotopic (exact) mass is 276 g/mol. The van der Waals surface area contributed by atoms with Crippen molar-refractivity contribution in [3.05, 3.63) is 35.6 Å². The van der Waals surface area contributed by atoms with Gasteiger partial charge in [0.05, 0.1) is 0 Å². The van der Waals surface area contributed by atoms with Gasteiger partial charge in [0.15, 0.2) is 0 Å². The molecule has 0 aromatic heterocycles. The van der Waals surface area contributed by atoms with Crippen molar-refractivity contribution >= 4 is 0 Å². The molecule has 1 saturated carbocycles. The van der Waals surface area contributed by atoms with Gasteiger partial charge in [-0.1, -0.05) is 25.0 Å². The van der Waals surface area contributed by atoms with Crippen molar-refractivity contribution in [3.63, 3.8) is 0 Å². The zero-order chi connectivity index (χ0) is 13.8. The van der Waals surface area contributed by atoms with Gasteiger partial charge < -0.3 is 10.6 Å². The molecule has 0 bridgehead atoms. The minimum Gasteiger partial charge on any atom is -0.314 e. The zero-order valence-electron chi connectivity index (χ0n) is 12.1. The minimum absolute atomic E-state index is 0.154. The van der Waals surface area contributed by atoms with Crippen LogP contribution in [0.3, 0.4) is 0 Å². The number of hydrogen-bond donors (Lipinski definition) is 2. The molecule has 0 spiro atoms. The van der Waals surface area contributed by atoms with Gasteiger partial charge in [-0.3, -0.25) is 0 Å². The van der Waals surface area contributed by atoms with Gasteiger partial charge in [-0.2, -0.15) is 0 Å². The van der Waals surface area contributed by atoms with E-state index in [1.165, 1.54) is 50.6 Å². The van der Waals surface area contributed by atoms with Crippen LogP contribution in [0.15, 0.2) is 24.3 Å². The largest absolute Gasteiger partial charge is 0.314 e. The van der Waals surface area contributed by atoms with Crippen LogP contribution in [-0.4, -0.2) is 18.6 Å². The molecular weight excluding hydrogens is 251 g/mol. The topological polar surface area (TPSA) is 24.1 Å². The Morgan fingerprint density at radius 3 is 2.65 bits per heavy atom. The maximum atomic E-state index is 12.9. The molecule has 3 unspecified atom stereocenters. The summed E-state index contributed by atoms with van der Waals surface area (Å²) in [7, 11) is 0. The average molecular weight is 276 g/mol. The first kappa shape index (κ1) is 14.0. The fourth-order valence-corrected chi connectivity index (χ4v) is 3.82. The van der Waals surface area contributed by atoms with Gasteiger partial charge in [0.25, 0.3) is 0 Å². The van der Waals surface area contributed by atoms with E-state index in [1.807, 2.05) is 12.1 Å². The summed E-state index contributed by atoms with van der Waals surface area (Å²) in [6.07, 6.45) is 8.00. The van der Waals surface area contributed by atoms with Crippen molar-refractivity contribution in [1.82, 2.24) is 10.6 Å². The first-order valence-corrected chi connectivity index (χ1v) is 8.04. The highest BCUT2D eigenvalue weighted by atomic mass is 19.1. The fraction of sp³-hybridized carbons (Fsp3) is 0.647. The number of hydrogen-bond acceptors (Lipinski definition) is 2. The number of benzene rings is 1. The lowest BCUT2D eigenvalue weighted by atomic mass is 9.88. The molecule has 3 rings (SSSR count). The first-order valence-electron chi connectivity index (χ1n) is 8.04. The molecule has 1 aliphatic carbocycles. The van der Waals surface area contributed by atoms with Crippen molar-refractivity contribution in [1.29, 1.82) is 0 Å². The van der Waals surface area contributed by atoms with E-state index in [-0.39, 0.29) is 5.82 Å². The summed E-state index contributed by atoms with van der Waals surface area (Å²) in [6.45, 7) is 2.04. The summed E-state index contributed by atoms with van der Waals surface area (Å²) in [6, 6.07) is 8.18. The van der Waals surface area contributed by atoms with Crippen LogP contribution >= 0.6 is 0 Å². The van der Waals surface area contributed by atoms with Crippen LogP contribution in [0.25, 0.3) is 0 Å². The van der Waals surface area contributed by atoms with Gasteiger partial charge in [-0.05, 0) is 55.8 Å². The maximum Gasteiger partial charge on any atom is 0.123 e. The van der Waals surface area contributed by atoms with E-state index in [9.17, 15) is 4.39 Å². The molecule has 1 aromatic rings. The van der Waals surface area contributed by atoms with Crippen molar-refractivity contribution in [2.45, 2.75) is 57.2 Å². The summed E-state index contributed by atoms with van der Waals surface area (Å²) in [4.78, 5) is 0. The Balaban J connectivity index is 1.54. The van der Waals surface area contributed by atoms with E-state index in [4.69, 9.17) is 0 Å². The molecule has 1 saturated heterocycles. The van der Waals surface area contributed by atoms with Crippen molar-refractivity contribution in [2.75, 3.05) is 6.54 Å². The second-order valence-electron chi connectivity index (χ2n) is 6.27. The van der Waals surface area contributed by atoms with Crippen LogP contribution in [0.1, 0.15) is 44.1 Å². The third-order valence-corrected chi connectivity index (χ3v) is 4.92. The molecule has 110 valence electrons. The summed E-state index contributed by atoms with van der Waals surface area (Å²) < 4.78 is 12.9. The maximum absolute atomic E-state index is 12.9. The van der Waals surface area contributed by atoms with E-state index >= 15 is 0 Å². The van der Waals surface area contributed by atoms with E-state index in [2.05, 4.69) is 10.6 Å². The van der Waals surface area contributed by atoms with Crippen molar-refractivity contribution in [2.24, 2.45) is 5.92 Å². The van der Waals surface area contributed by atoms with Gasteiger partial charge in [-0.25, -0.2) is 4.39 Å². The highest BCUT2D eigenvalue weighted by Crippen LogP contribution is 2.31. The van der Waals surface area contributed by atoms with Crippen LogP contribution in [0.5, 0.6) is 0 Å². The van der Waals surface area contributed by atoms with Gasteiger partial charge in [0, 0.05) is 18.6 Å². The molecular formula is C17H25FN2. The molecule has 2 fully saturated rings. The third kappa shape index (κ3) is 3.39. The van der Waals surface area contributed by atoms with Crippen LogP contribution in [0.4, 0.5) is 4.39 Å². The third-order valence-electron chi connectivity index (χ3n) is 4.92. The molecule has 2 N–H and O–H groups in total. The number of halogens is 1. The molecule has 3 atom stereocenters. The second-order valence-corrected chi connectivity index (χ2v) is 6.27. The van der Waals surface area contributed by atoms with Gasteiger partial charge in [-0.15, -0.1) is 0 Å². The Morgan fingerprint density at radius 2 is 1.90 bits per heavy atom. The first-order chi connectivity index (χ1) is 9.83. The lowest BCUT2D eigenvalue weighted by Gasteiger charge is -2.33. The molecule has 3 heteroatoms. The molecule has 2 aliphatic rings. The Hall–Kier alpha value is -0.930. The Morgan fingerprint density at radius 1 is 1.05 bits per heavy atom. The molecule has 0 radical (unpaired) electrons. The fourth-order valence-electron chi connectivity index (χ4n) is 3.82. The summed E-state index contributed by atoms with van der Waals surface area (Å²) in [5, 5.41) is 7.41. The molecule has 1 aromatic carbocycles. The number of piperidine rings is 1. The van der Waals surface area contributed by atoms with Crippen LogP contribution < -0.4 is 10.6 Å². The smallest absolute Gasteiger partial charge is 0.123 e. The van der Waals surface area contributed by atoms with Crippen LogP contribution in [0.2, 0.25) is 0 Å². The Bertz CT molecular complexity index is 412. The quantitative estimate of drug-likeness (QED) is 0.882. The summed E-state index contributed by atoms with van der Waals surface area (Å²) in [5.74, 6) is 0.620. The molecule has 0 amide bonds. The predicted octanol–water partition coefficient (Wildman–Crippen LogP) is 3.23. The highest BCUT2D eigenvalue weighted by Gasteiger charge is 2.33. The van der Waals surface area contributed by atoms with E-state index in [1.54, 1.807) is 12.1 Å². The lowest BCUT2D eigenvalue weighted by Crippen LogP contribution is -2.46. The Kier molecular flexibility index (Phi) is 4.69. The Labute approximate surface area is 121 Å². The SMILES string of the molecule is Fc1ccc(CNC2CCCC2C2CCCCN2)cc1. The average Bonchev–Trinajstić information content (AvgIpc) is 2.96. The zero-order valence-corrected chi connectivity index (χ0v) is 12.1. The van der Waals surface area contributed by atoms with E-state index in [0.717, 1.165) is 12.5 Å². The van der Waals surface area contributed by atoms with Gasteiger partial charge in [0.1, 0.15) is 5.82 Å². The van der Waals surface area contributed by atoms with Crippen LogP contribution in [-0.2, 0) is 6.54 Å². The number of nitrogens with one attached hydrogen (secondary N) is 2. The lowest BCUT2D eigenvalue weighted by molar-refractivity contribution is 0.257.